The van der Waals surface area contributed by atoms with Gasteiger partial charge in [-0.25, -0.2) is 0 Å². The third-order valence-corrected chi connectivity index (χ3v) is 7.31. The first kappa shape index (κ1) is 23.7. The lowest BCUT2D eigenvalue weighted by molar-refractivity contribution is -0.143. The zero-order chi connectivity index (χ0) is 23.8. The molecule has 1 saturated carbocycles. The van der Waals surface area contributed by atoms with Crippen LogP contribution in [-0.2, 0) is 19.8 Å². The molecule has 2 saturated heterocycles. The predicted octanol–water partition coefficient (Wildman–Crippen LogP) is 2.68. The highest BCUT2D eigenvalue weighted by atomic mass is 16.5. The number of likely N-dealkylation sites (tertiary alicyclic amines) is 2. The van der Waals surface area contributed by atoms with Crippen LogP contribution in [0.4, 0.5) is 0 Å². The zero-order valence-corrected chi connectivity index (χ0v) is 20.4. The lowest BCUT2D eigenvalue weighted by atomic mass is 9.75. The number of hydrogen-bond donors (Lipinski definition) is 0. The highest BCUT2D eigenvalue weighted by Gasteiger charge is 2.57. The summed E-state index contributed by atoms with van der Waals surface area (Å²) < 4.78 is 5.27. The van der Waals surface area contributed by atoms with E-state index < -0.39 is 5.41 Å². The maximum Gasteiger partial charge on any atom is 0.241 e. The second kappa shape index (κ2) is 9.45. The molecule has 1 aromatic rings. The molecule has 0 unspecified atom stereocenters. The van der Waals surface area contributed by atoms with E-state index in [0.29, 0.717) is 24.1 Å². The number of methoxy groups -OCH3 is 1. The van der Waals surface area contributed by atoms with Crippen molar-refractivity contribution >= 4 is 17.7 Å². The summed E-state index contributed by atoms with van der Waals surface area (Å²) in [6, 6.07) is 7.25. The van der Waals surface area contributed by atoms with Crippen molar-refractivity contribution in [2.45, 2.75) is 57.4 Å². The molecule has 3 amide bonds. The van der Waals surface area contributed by atoms with Gasteiger partial charge in [0.2, 0.25) is 17.7 Å². The summed E-state index contributed by atoms with van der Waals surface area (Å²) >= 11 is 0. The van der Waals surface area contributed by atoms with Crippen molar-refractivity contribution in [3.05, 3.63) is 29.8 Å². The topological polar surface area (TPSA) is 70.2 Å². The Morgan fingerprint density at radius 1 is 1.18 bits per heavy atom. The first-order chi connectivity index (χ1) is 15.7. The zero-order valence-electron chi connectivity index (χ0n) is 20.4. The van der Waals surface area contributed by atoms with E-state index in [1.807, 2.05) is 19.2 Å². The Kier molecular flexibility index (Phi) is 6.80. The van der Waals surface area contributed by atoms with Gasteiger partial charge in [0.05, 0.1) is 12.5 Å². The fourth-order valence-electron chi connectivity index (χ4n) is 5.47. The Hall–Kier alpha value is -2.41. The third kappa shape index (κ3) is 4.93. The van der Waals surface area contributed by atoms with Gasteiger partial charge in [-0.2, -0.15) is 0 Å². The highest BCUT2D eigenvalue weighted by Crippen LogP contribution is 2.44. The fraction of sp³-hybridized carbons (Fsp3) is 0.654. The van der Waals surface area contributed by atoms with Crippen LogP contribution in [0, 0.1) is 11.8 Å². The Balaban J connectivity index is 1.50. The first-order valence-corrected chi connectivity index (χ1v) is 12.2. The normalized spacial score (nSPS) is 25.8. The van der Waals surface area contributed by atoms with Gasteiger partial charge in [0.25, 0.3) is 0 Å². The molecule has 0 N–H and O–H groups in total. The van der Waals surface area contributed by atoms with E-state index in [4.69, 9.17) is 4.74 Å². The molecule has 7 nitrogen and oxygen atoms in total. The molecular weight excluding hydrogens is 418 g/mol. The third-order valence-electron chi connectivity index (χ3n) is 7.31. The lowest BCUT2D eigenvalue weighted by Gasteiger charge is -2.30. The molecule has 180 valence electrons. The molecule has 0 aromatic heterocycles. The van der Waals surface area contributed by atoms with Crippen molar-refractivity contribution in [3.63, 3.8) is 0 Å². The number of amides is 3. The molecule has 4 rings (SSSR count). The Bertz CT molecular complexity index is 895. The van der Waals surface area contributed by atoms with E-state index in [2.05, 4.69) is 18.7 Å². The fourth-order valence-corrected chi connectivity index (χ4v) is 5.47. The second-order valence-corrected chi connectivity index (χ2v) is 10.5. The van der Waals surface area contributed by atoms with Crippen LogP contribution in [0.1, 0.15) is 51.5 Å². The van der Waals surface area contributed by atoms with Crippen LogP contribution >= 0.6 is 0 Å². The maximum atomic E-state index is 13.6. The number of rotatable bonds is 9. The molecule has 3 fully saturated rings. The minimum atomic E-state index is -1.13. The molecule has 2 aliphatic heterocycles. The first-order valence-electron chi connectivity index (χ1n) is 12.2. The van der Waals surface area contributed by atoms with Crippen LogP contribution in [0.2, 0.25) is 0 Å². The van der Waals surface area contributed by atoms with E-state index >= 15 is 0 Å². The van der Waals surface area contributed by atoms with Gasteiger partial charge in [-0.1, -0.05) is 26.0 Å². The molecule has 2 heterocycles. The van der Waals surface area contributed by atoms with Gasteiger partial charge in [-0.05, 0) is 55.3 Å². The van der Waals surface area contributed by atoms with E-state index in [9.17, 15) is 14.4 Å². The summed E-state index contributed by atoms with van der Waals surface area (Å²) in [5, 5.41) is 0. The van der Waals surface area contributed by atoms with Gasteiger partial charge in [0, 0.05) is 45.6 Å². The van der Waals surface area contributed by atoms with Gasteiger partial charge in [0.15, 0.2) is 0 Å². The molecule has 0 spiro atoms. The average Bonchev–Trinajstić information content (AvgIpc) is 3.46. The molecule has 7 heteroatoms. The van der Waals surface area contributed by atoms with Gasteiger partial charge in [-0.3, -0.25) is 19.3 Å². The summed E-state index contributed by atoms with van der Waals surface area (Å²) in [6.45, 7) is 8.30. The summed E-state index contributed by atoms with van der Waals surface area (Å²) in [5.74, 6) is 1.30. The molecule has 2 atom stereocenters. The van der Waals surface area contributed by atoms with Gasteiger partial charge < -0.3 is 14.5 Å². The van der Waals surface area contributed by atoms with Gasteiger partial charge in [0.1, 0.15) is 5.75 Å². The molecule has 0 bridgehead atoms. The number of imide groups is 1. The van der Waals surface area contributed by atoms with Gasteiger partial charge >= 0.3 is 0 Å². The predicted molar refractivity (Wildman–Crippen MR) is 126 cm³/mol. The number of ether oxygens (including phenoxy) is 1. The minimum absolute atomic E-state index is 0.00313. The Morgan fingerprint density at radius 2 is 1.88 bits per heavy atom. The van der Waals surface area contributed by atoms with Crippen LogP contribution in [0.5, 0.6) is 5.75 Å². The molecule has 1 aliphatic carbocycles. The van der Waals surface area contributed by atoms with Crippen LogP contribution in [0.25, 0.3) is 0 Å². The highest BCUT2D eigenvalue weighted by molar-refractivity contribution is 6.11. The van der Waals surface area contributed by atoms with E-state index in [1.54, 1.807) is 24.1 Å². The summed E-state index contributed by atoms with van der Waals surface area (Å²) in [5.41, 5.74) is -0.410. The van der Waals surface area contributed by atoms with Crippen LogP contribution in [-0.4, -0.2) is 78.8 Å². The molecule has 1 aromatic carbocycles. The van der Waals surface area contributed by atoms with Crippen molar-refractivity contribution in [1.82, 2.24) is 14.7 Å². The largest absolute Gasteiger partial charge is 0.497 e. The van der Waals surface area contributed by atoms with Crippen LogP contribution in [0.15, 0.2) is 24.3 Å². The van der Waals surface area contributed by atoms with Crippen LogP contribution in [0.3, 0.4) is 0 Å². The van der Waals surface area contributed by atoms with Crippen molar-refractivity contribution in [1.29, 1.82) is 0 Å². The Labute approximate surface area is 197 Å². The smallest absolute Gasteiger partial charge is 0.241 e. The van der Waals surface area contributed by atoms with E-state index in [-0.39, 0.29) is 36.6 Å². The van der Waals surface area contributed by atoms with Crippen molar-refractivity contribution in [3.8, 4) is 5.75 Å². The number of carbonyl (C=O) groups excluding carboxylic acids is 3. The molecule has 0 radical (unpaired) electrons. The van der Waals surface area contributed by atoms with Crippen LogP contribution < -0.4 is 4.74 Å². The summed E-state index contributed by atoms with van der Waals surface area (Å²) in [4.78, 5) is 45.6. The minimum Gasteiger partial charge on any atom is -0.497 e. The maximum absolute atomic E-state index is 13.6. The SMILES string of the molecule is COc1ccc([C@@]2(CC(=O)N(C)C[C@@H]3CCN(CC(C)C)C3)CC(=O)N(C3CC3)C2=O)cc1. The molecule has 33 heavy (non-hydrogen) atoms. The quantitative estimate of drug-likeness (QED) is 0.536. The van der Waals surface area contributed by atoms with Crippen molar-refractivity contribution in [2.75, 3.05) is 40.3 Å². The summed E-state index contributed by atoms with van der Waals surface area (Å²) in [7, 11) is 3.42. The monoisotopic (exact) mass is 455 g/mol. The van der Waals surface area contributed by atoms with Crippen molar-refractivity contribution < 1.29 is 19.1 Å². The molecule has 3 aliphatic rings. The lowest BCUT2D eigenvalue weighted by Crippen LogP contribution is -2.44. The number of hydrogen-bond acceptors (Lipinski definition) is 5. The molecular formula is C26H37N3O4. The Morgan fingerprint density at radius 3 is 2.48 bits per heavy atom. The second-order valence-electron chi connectivity index (χ2n) is 10.5. The number of benzene rings is 1. The summed E-state index contributed by atoms with van der Waals surface area (Å²) in [6.07, 6.45) is 2.88. The van der Waals surface area contributed by atoms with E-state index in [1.165, 1.54) is 4.90 Å². The van der Waals surface area contributed by atoms with Gasteiger partial charge in [-0.15, -0.1) is 0 Å². The van der Waals surface area contributed by atoms with E-state index in [0.717, 1.165) is 44.5 Å². The standard InChI is InChI=1S/C26H37N3O4/c1-18(2)15-28-12-11-19(17-28)16-27(3)23(30)13-26(20-5-9-22(33-4)10-6-20)14-24(31)29(25(26)32)21-7-8-21/h5-6,9-10,18-19,21H,7-8,11-17H2,1-4H3/t19-,26+/m0/s1. The number of carbonyl (C=O) groups is 3. The number of nitrogens with zero attached hydrogens (tertiary/aromatic N) is 3. The van der Waals surface area contributed by atoms with Crippen molar-refractivity contribution in [2.24, 2.45) is 11.8 Å². The average molecular weight is 456 g/mol.